The van der Waals surface area contributed by atoms with Crippen molar-refractivity contribution in [3.8, 4) is 11.5 Å². The molecule has 0 bridgehead atoms. The van der Waals surface area contributed by atoms with E-state index < -0.39 is 0 Å². The van der Waals surface area contributed by atoms with Crippen LogP contribution in [0.4, 0.5) is 5.69 Å². The molecule has 0 aliphatic rings. The Balaban J connectivity index is 1.97. The lowest BCUT2D eigenvalue weighted by atomic mass is 9.82. The molecule has 0 unspecified atom stereocenters. The van der Waals surface area contributed by atoms with Gasteiger partial charge in [0.25, 0.3) is 0 Å². The van der Waals surface area contributed by atoms with Crippen LogP contribution in [0.1, 0.15) is 58.3 Å². The van der Waals surface area contributed by atoms with Gasteiger partial charge in [-0.25, -0.2) is 4.98 Å². The number of Topliss-reactive ketones (excluding diaryl/α,β-unsaturated/α-hetero) is 1. The highest BCUT2D eigenvalue weighted by molar-refractivity contribution is 6.02. The number of carbonyl (C=O) groups excluding carboxylic acids is 1. The Bertz CT molecular complexity index is 986. The van der Waals surface area contributed by atoms with Crippen LogP contribution in [0.25, 0.3) is 22.6 Å². The van der Waals surface area contributed by atoms with Crippen LogP contribution in [0.2, 0.25) is 0 Å². The fourth-order valence-corrected chi connectivity index (χ4v) is 3.12. The lowest BCUT2D eigenvalue weighted by Gasteiger charge is -2.20. The first-order valence-electron chi connectivity index (χ1n) is 9.50. The first-order valence-corrected chi connectivity index (χ1v) is 9.50. The highest BCUT2D eigenvalue weighted by atomic mass is 16.1. The van der Waals surface area contributed by atoms with Gasteiger partial charge in [-0.05, 0) is 51.5 Å². The minimum absolute atomic E-state index is 0.00611. The van der Waals surface area contributed by atoms with E-state index in [1.807, 2.05) is 46.0 Å². The highest BCUT2D eigenvalue weighted by Crippen LogP contribution is 2.29. The Morgan fingerprint density at radius 1 is 1.19 bits per heavy atom. The molecule has 0 spiro atoms. The van der Waals surface area contributed by atoms with Crippen LogP contribution in [0.3, 0.4) is 0 Å². The molecule has 5 nitrogen and oxygen atoms in total. The third-order valence-electron chi connectivity index (χ3n) is 5.01. The zero-order chi connectivity index (χ0) is 20.0. The van der Waals surface area contributed by atoms with Gasteiger partial charge in [-0.3, -0.25) is 4.79 Å². The van der Waals surface area contributed by atoms with Crippen molar-refractivity contribution < 1.29 is 4.79 Å². The summed E-state index contributed by atoms with van der Waals surface area (Å²) in [5, 5.41) is 3.49. The van der Waals surface area contributed by atoms with E-state index in [1.165, 1.54) is 0 Å². The van der Waals surface area contributed by atoms with E-state index >= 15 is 0 Å². The van der Waals surface area contributed by atoms with Crippen LogP contribution in [-0.2, 0) is 7.05 Å². The van der Waals surface area contributed by atoms with Gasteiger partial charge in [0.2, 0.25) is 0 Å². The van der Waals surface area contributed by atoms with E-state index in [2.05, 4.69) is 47.9 Å². The molecule has 0 radical (unpaired) electrons. The molecule has 0 fully saturated rings. The largest absolute Gasteiger partial charge is 0.379 e. The summed E-state index contributed by atoms with van der Waals surface area (Å²) < 4.78 is 2.05. The molecule has 2 N–H and O–H groups in total. The number of aromatic nitrogens is 3. The third-order valence-corrected chi connectivity index (χ3v) is 5.01. The molecule has 0 aliphatic heterocycles. The van der Waals surface area contributed by atoms with E-state index in [-0.39, 0.29) is 16.7 Å². The number of hydrogen-bond acceptors (Lipinski definition) is 3. The van der Waals surface area contributed by atoms with E-state index in [4.69, 9.17) is 4.98 Å². The summed E-state index contributed by atoms with van der Waals surface area (Å²) in [6.07, 6.45) is 2.87. The van der Waals surface area contributed by atoms with Crippen molar-refractivity contribution in [3.63, 3.8) is 0 Å². The molecule has 0 saturated carbocycles. The van der Waals surface area contributed by atoms with Crippen LogP contribution in [0.5, 0.6) is 0 Å². The number of carbonyl (C=O) groups is 1. The average Bonchev–Trinajstić information content (AvgIpc) is 3.14. The molecule has 27 heavy (non-hydrogen) atoms. The molecule has 1 aromatic carbocycles. The molecule has 2 heterocycles. The fourth-order valence-electron chi connectivity index (χ4n) is 3.12. The maximum atomic E-state index is 12.8. The van der Waals surface area contributed by atoms with Gasteiger partial charge in [0.15, 0.2) is 11.6 Å². The number of benzene rings is 1. The average molecular weight is 367 g/mol. The molecule has 0 atom stereocenters. The summed E-state index contributed by atoms with van der Waals surface area (Å²) >= 11 is 0. The van der Waals surface area contributed by atoms with Crippen LogP contribution in [-0.4, -0.2) is 25.9 Å². The van der Waals surface area contributed by atoms with Crippen LogP contribution >= 0.6 is 0 Å². The van der Waals surface area contributed by atoms with Gasteiger partial charge in [-0.1, -0.05) is 20.8 Å². The second-order valence-corrected chi connectivity index (χ2v) is 8.98. The smallest absolute Gasteiger partial charge is 0.168 e. The molecule has 0 aliphatic carbocycles. The number of fused-ring (bicyclic) bond motifs is 1. The topological polar surface area (TPSA) is 62.7 Å². The highest BCUT2D eigenvalue weighted by Gasteiger charge is 2.26. The Morgan fingerprint density at radius 3 is 2.52 bits per heavy atom. The molecule has 2 aromatic heterocycles. The van der Waals surface area contributed by atoms with Gasteiger partial charge in [0, 0.05) is 29.8 Å². The first kappa shape index (κ1) is 19.2. The Labute approximate surface area is 161 Å². The van der Waals surface area contributed by atoms with Crippen molar-refractivity contribution in [3.05, 3.63) is 36.0 Å². The molecule has 3 rings (SSSR count). The molecular weight excluding hydrogens is 336 g/mol. The fraction of sp³-hybridized carbons (Fsp3) is 0.455. The van der Waals surface area contributed by atoms with Crippen molar-refractivity contribution >= 4 is 22.5 Å². The van der Waals surface area contributed by atoms with Crippen molar-refractivity contribution in [2.24, 2.45) is 12.5 Å². The van der Waals surface area contributed by atoms with Gasteiger partial charge in [0.1, 0.15) is 0 Å². The lowest BCUT2D eigenvalue weighted by Crippen LogP contribution is -2.25. The molecule has 0 saturated heterocycles. The molecule has 0 amide bonds. The zero-order valence-corrected chi connectivity index (χ0v) is 17.4. The number of H-pyrrole nitrogens is 1. The quantitative estimate of drug-likeness (QED) is 0.594. The van der Waals surface area contributed by atoms with Crippen LogP contribution in [0, 0.1) is 5.41 Å². The second-order valence-electron chi connectivity index (χ2n) is 8.98. The SMILES string of the molecule is CCC(C)(C)C(=O)c1ccc2nc(-c3cc(NC(C)(C)C)cn3C)[nH]c2c1. The van der Waals surface area contributed by atoms with Crippen LogP contribution < -0.4 is 5.32 Å². The van der Waals surface area contributed by atoms with Crippen LogP contribution in [0.15, 0.2) is 30.5 Å². The van der Waals surface area contributed by atoms with Gasteiger partial charge in [0.05, 0.1) is 22.4 Å². The predicted octanol–water partition coefficient (Wildman–Crippen LogP) is 5.40. The second kappa shape index (κ2) is 6.55. The van der Waals surface area contributed by atoms with Crippen molar-refractivity contribution in [1.29, 1.82) is 0 Å². The minimum Gasteiger partial charge on any atom is -0.379 e. The number of nitrogens with one attached hydrogen (secondary N) is 2. The Kier molecular flexibility index (Phi) is 4.66. The minimum atomic E-state index is -0.359. The number of anilines is 1. The Morgan fingerprint density at radius 2 is 1.89 bits per heavy atom. The van der Waals surface area contributed by atoms with E-state index in [0.29, 0.717) is 0 Å². The summed E-state index contributed by atoms with van der Waals surface area (Å²) in [5.41, 5.74) is 4.17. The van der Waals surface area contributed by atoms with Gasteiger partial charge < -0.3 is 14.9 Å². The third kappa shape index (κ3) is 3.92. The standard InChI is InChI=1S/C22H30N4O/c1-8-22(5,6)19(27)14-9-10-16-17(11-14)24-20(23-16)18-12-15(13-26(18)7)25-21(2,3)4/h9-13,25H,8H2,1-7H3,(H,23,24). The number of aromatic amines is 1. The maximum Gasteiger partial charge on any atom is 0.168 e. The van der Waals surface area contributed by atoms with E-state index in [1.54, 1.807) is 0 Å². The number of imidazole rings is 1. The number of ketones is 1. The Hall–Kier alpha value is -2.56. The lowest BCUT2D eigenvalue weighted by molar-refractivity contribution is 0.0833. The molecule has 3 aromatic rings. The van der Waals surface area contributed by atoms with Gasteiger partial charge >= 0.3 is 0 Å². The summed E-state index contributed by atoms with van der Waals surface area (Å²) in [7, 11) is 2.01. The number of nitrogens with zero attached hydrogens (tertiary/aromatic N) is 2. The van der Waals surface area contributed by atoms with Crippen molar-refractivity contribution in [1.82, 2.24) is 14.5 Å². The molecule has 5 heteroatoms. The summed E-state index contributed by atoms with van der Waals surface area (Å²) in [5.74, 6) is 0.965. The number of aryl methyl sites for hydroxylation is 1. The van der Waals surface area contributed by atoms with E-state index in [9.17, 15) is 4.79 Å². The predicted molar refractivity (Wildman–Crippen MR) is 112 cm³/mol. The molecular formula is C22H30N4O. The van der Waals surface area contributed by atoms with Crippen molar-refractivity contribution in [2.75, 3.05) is 5.32 Å². The summed E-state index contributed by atoms with van der Waals surface area (Å²) in [6.45, 7) is 12.4. The first-order chi connectivity index (χ1) is 12.5. The number of rotatable bonds is 5. The maximum absolute atomic E-state index is 12.8. The van der Waals surface area contributed by atoms with Crippen molar-refractivity contribution in [2.45, 2.75) is 53.5 Å². The zero-order valence-electron chi connectivity index (χ0n) is 17.4. The monoisotopic (exact) mass is 366 g/mol. The normalized spacial score (nSPS) is 12.6. The van der Waals surface area contributed by atoms with E-state index in [0.717, 1.165) is 40.2 Å². The number of hydrogen-bond donors (Lipinski definition) is 2. The van der Waals surface area contributed by atoms with Gasteiger partial charge in [-0.15, -0.1) is 0 Å². The summed E-state index contributed by atoms with van der Waals surface area (Å²) in [4.78, 5) is 20.9. The summed E-state index contributed by atoms with van der Waals surface area (Å²) in [6, 6.07) is 7.81. The van der Waals surface area contributed by atoms with Gasteiger partial charge in [-0.2, -0.15) is 0 Å². The molecule has 144 valence electrons.